The summed E-state index contributed by atoms with van der Waals surface area (Å²) in [5.41, 5.74) is 3.64. The zero-order valence-corrected chi connectivity index (χ0v) is 18.2. The van der Waals surface area contributed by atoms with Gasteiger partial charge < -0.3 is 15.1 Å². The Hall–Kier alpha value is -2.80. The Morgan fingerprint density at radius 1 is 0.867 bits per heavy atom. The van der Waals surface area contributed by atoms with Gasteiger partial charge in [0.15, 0.2) is 0 Å². The van der Waals surface area contributed by atoms with Crippen LogP contribution in [0.1, 0.15) is 21.5 Å². The lowest BCUT2D eigenvalue weighted by atomic mass is 10.1. The average molecular weight is 426 g/mol. The van der Waals surface area contributed by atoms with E-state index in [1.54, 1.807) is 9.80 Å². The summed E-state index contributed by atoms with van der Waals surface area (Å²) in [5, 5.41) is 2.84. The van der Waals surface area contributed by atoms with E-state index in [4.69, 9.17) is 0 Å². The lowest BCUT2D eigenvalue weighted by Crippen LogP contribution is -2.51. The number of piperazine rings is 1. The molecular formula is C23H27N3O3S. The number of benzene rings is 2. The van der Waals surface area contributed by atoms with E-state index in [1.807, 2.05) is 62.4 Å². The predicted octanol–water partition coefficient (Wildman–Crippen LogP) is 2.96. The van der Waals surface area contributed by atoms with Crippen molar-refractivity contribution in [2.75, 3.05) is 43.0 Å². The fourth-order valence-electron chi connectivity index (χ4n) is 3.28. The van der Waals surface area contributed by atoms with Crippen molar-refractivity contribution in [3.63, 3.8) is 0 Å². The Morgan fingerprint density at radius 2 is 1.53 bits per heavy atom. The second-order valence-corrected chi connectivity index (χ2v) is 8.44. The molecule has 1 heterocycles. The third-order valence-electron chi connectivity index (χ3n) is 4.98. The molecule has 7 heteroatoms. The van der Waals surface area contributed by atoms with E-state index in [-0.39, 0.29) is 29.2 Å². The number of hydrogen-bond donors (Lipinski definition) is 1. The Labute approximate surface area is 181 Å². The van der Waals surface area contributed by atoms with Gasteiger partial charge in [0, 0.05) is 37.4 Å². The lowest BCUT2D eigenvalue weighted by molar-refractivity contribution is -0.129. The van der Waals surface area contributed by atoms with Gasteiger partial charge in [0.05, 0.1) is 11.5 Å². The van der Waals surface area contributed by atoms with Gasteiger partial charge >= 0.3 is 0 Å². The number of amides is 3. The maximum Gasteiger partial charge on any atom is 0.253 e. The first-order chi connectivity index (χ1) is 14.4. The summed E-state index contributed by atoms with van der Waals surface area (Å²) >= 11 is 1.31. The first-order valence-corrected chi connectivity index (χ1v) is 11.2. The zero-order valence-electron chi connectivity index (χ0n) is 17.4. The Bertz CT molecular complexity index is 906. The van der Waals surface area contributed by atoms with Crippen molar-refractivity contribution in [2.24, 2.45) is 0 Å². The molecule has 1 saturated heterocycles. The molecule has 0 unspecified atom stereocenters. The van der Waals surface area contributed by atoms with Crippen molar-refractivity contribution in [3.8, 4) is 0 Å². The molecule has 1 N–H and O–H groups in total. The van der Waals surface area contributed by atoms with Crippen molar-refractivity contribution in [3.05, 3.63) is 65.2 Å². The summed E-state index contributed by atoms with van der Waals surface area (Å²) in [6.45, 7) is 6.05. The summed E-state index contributed by atoms with van der Waals surface area (Å²) in [6, 6.07) is 15.2. The molecule has 0 aromatic heterocycles. The van der Waals surface area contributed by atoms with Crippen molar-refractivity contribution in [1.82, 2.24) is 9.80 Å². The normalized spacial score (nSPS) is 13.8. The number of nitrogens with one attached hydrogen (secondary N) is 1. The molecule has 0 bridgehead atoms. The topological polar surface area (TPSA) is 69.7 Å². The number of aryl methyl sites for hydroxylation is 2. The molecule has 1 fully saturated rings. The summed E-state index contributed by atoms with van der Waals surface area (Å²) in [7, 11) is 0. The molecule has 0 atom stereocenters. The molecule has 0 saturated carbocycles. The van der Waals surface area contributed by atoms with Gasteiger partial charge in [-0.1, -0.05) is 29.8 Å². The molecule has 0 spiro atoms. The Morgan fingerprint density at radius 3 is 2.20 bits per heavy atom. The highest BCUT2D eigenvalue weighted by molar-refractivity contribution is 8.00. The van der Waals surface area contributed by atoms with Gasteiger partial charge in [0.2, 0.25) is 11.8 Å². The molecule has 6 nitrogen and oxygen atoms in total. The van der Waals surface area contributed by atoms with E-state index in [0.717, 1.165) is 16.8 Å². The molecular weight excluding hydrogens is 398 g/mol. The highest BCUT2D eigenvalue weighted by Gasteiger charge is 2.24. The molecule has 1 aliphatic rings. The summed E-state index contributed by atoms with van der Waals surface area (Å²) in [5.74, 6) is 0.376. The Kier molecular flexibility index (Phi) is 7.52. The number of anilines is 1. The number of carbonyl (C=O) groups excluding carboxylic acids is 3. The van der Waals surface area contributed by atoms with E-state index in [1.165, 1.54) is 11.8 Å². The van der Waals surface area contributed by atoms with Crippen molar-refractivity contribution in [2.45, 2.75) is 13.8 Å². The molecule has 158 valence electrons. The first-order valence-electron chi connectivity index (χ1n) is 10.0. The molecule has 2 aromatic carbocycles. The molecule has 30 heavy (non-hydrogen) atoms. The van der Waals surface area contributed by atoms with Gasteiger partial charge in [-0.25, -0.2) is 0 Å². The fraction of sp³-hybridized carbons (Fsp3) is 0.348. The minimum Gasteiger partial charge on any atom is -0.338 e. The first kappa shape index (κ1) is 21.9. The van der Waals surface area contributed by atoms with E-state index in [0.29, 0.717) is 31.7 Å². The fourth-order valence-corrected chi connectivity index (χ4v) is 4.00. The third-order valence-corrected chi connectivity index (χ3v) is 5.90. The van der Waals surface area contributed by atoms with Crippen molar-refractivity contribution < 1.29 is 14.4 Å². The van der Waals surface area contributed by atoms with Crippen LogP contribution in [-0.4, -0.2) is 65.2 Å². The van der Waals surface area contributed by atoms with Crippen LogP contribution in [0, 0.1) is 13.8 Å². The van der Waals surface area contributed by atoms with Gasteiger partial charge in [-0.3, -0.25) is 14.4 Å². The van der Waals surface area contributed by atoms with Crippen molar-refractivity contribution in [1.29, 1.82) is 0 Å². The quantitative estimate of drug-likeness (QED) is 0.773. The van der Waals surface area contributed by atoms with Crippen LogP contribution in [0.2, 0.25) is 0 Å². The number of rotatable bonds is 6. The van der Waals surface area contributed by atoms with Gasteiger partial charge in [0.1, 0.15) is 0 Å². The van der Waals surface area contributed by atoms with Crippen LogP contribution in [0.3, 0.4) is 0 Å². The summed E-state index contributed by atoms with van der Waals surface area (Å²) in [6.07, 6.45) is 0. The summed E-state index contributed by atoms with van der Waals surface area (Å²) < 4.78 is 0. The number of carbonyl (C=O) groups is 3. The van der Waals surface area contributed by atoms with Crippen LogP contribution in [0.5, 0.6) is 0 Å². The maximum absolute atomic E-state index is 12.6. The van der Waals surface area contributed by atoms with Crippen LogP contribution < -0.4 is 5.32 Å². The number of nitrogens with zero attached hydrogens (tertiary/aromatic N) is 2. The van der Waals surface area contributed by atoms with Crippen LogP contribution in [0.25, 0.3) is 0 Å². The molecule has 3 amide bonds. The van der Waals surface area contributed by atoms with Crippen molar-refractivity contribution >= 4 is 35.2 Å². The highest BCUT2D eigenvalue weighted by Crippen LogP contribution is 2.13. The maximum atomic E-state index is 12.6. The van der Waals surface area contributed by atoms with E-state index in [2.05, 4.69) is 5.32 Å². The molecule has 0 aliphatic carbocycles. The van der Waals surface area contributed by atoms with Gasteiger partial charge in [-0.15, -0.1) is 11.8 Å². The largest absolute Gasteiger partial charge is 0.338 e. The monoisotopic (exact) mass is 425 g/mol. The second kappa shape index (κ2) is 10.3. The molecule has 0 radical (unpaired) electrons. The van der Waals surface area contributed by atoms with Crippen LogP contribution in [-0.2, 0) is 9.59 Å². The third kappa shape index (κ3) is 6.10. The van der Waals surface area contributed by atoms with Gasteiger partial charge in [0.25, 0.3) is 5.91 Å². The molecule has 2 aromatic rings. The van der Waals surface area contributed by atoms with E-state index in [9.17, 15) is 14.4 Å². The standard InChI is InChI=1S/C23H27N3O3S/c1-17-6-8-19(9-7-17)23(29)26-12-10-25(11-13-26)22(28)16-30-15-21(27)24-20-5-3-4-18(2)14-20/h3-9,14H,10-13,15-16H2,1-2H3,(H,24,27). The lowest BCUT2D eigenvalue weighted by Gasteiger charge is -2.34. The van der Waals surface area contributed by atoms with Crippen LogP contribution in [0.15, 0.2) is 48.5 Å². The smallest absolute Gasteiger partial charge is 0.253 e. The van der Waals surface area contributed by atoms with Crippen LogP contribution in [0.4, 0.5) is 5.69 Å². The predicted molar refractivity (Wildman–Crippen MR) is 121 cm³/mol. The number of thioether (sulfide) groups is 1. The summed E-state index contributed by atoms with van der Waals surface area (Å²) in [4.78, 5) is 40.6. The SMILES string of the molecule is Cc1ccc(C(=O)N2CCN(C(=O)CSCC(=O)Nc3cccc(C)c3)CC2)cc1. The second-order valence-electron chi connectivity index (χ2n) is 7.45. The van der Waals surface area contributed by atoms with Gasteiger partial charge in [-0.05, 0) is 43.7 Å². The molecule has 1 aliphatic heterocycles. The highest BCUT2D eigenvalue weighted by atomic mass is 32.2. The van der Waals surface area contributed by atoms with E-state index >= 15 is 0 Å². The zero-order chi connectivity index (χ0) is 21.5. The average Bonchev–Trinajstić information content (AvgIpc) is 2.74. The van der Waals surface area contributed by atoms with Gasteiger partial charge in [-0.2, -0.15) is 0 Å². The minimum absolute atomic E-state index is 0.00398. The minimum atomic E-state index is -0.119. The van der Waals surface area contributed by atoms with Crippen LogP contribution >= 0.6 is 11.8 Å². The Balaban J connectivity index is 1.38. The van der Waals surface area contributed by atoms with E-state index < -0.39 is 0 Å². The molecule has 3 rings (SSSR count). The number of hydrogen-bond acceptors (Lipinski definition) is 4.